The highest BCUT2D eigenvalue weighted by molar-refractivity contribution is 5.73. The number of fused-ring (bicyclic) bond motifs is 1. The van der Waals surface area contributed by atoms with Crippen LogP contribution in [0.3, 0.4) is 0 Å². The molecule has 7 heteroatoms. The second-order valence-electron chi connectivity index (χ2n) is 7.03. The quantitative estimate of drug-likeness (QED) is 0.324. The first-order chi connectivity index (χ1) is 16.3. The van der Waals surface area contributed by atoms with Gasteiger partial charge in [0.05, 0.1) is 7.05 Å². The minimum atomic E-state index is -5.19. The van der Waals surface area contributed by atoms with Crippen LogP contribution in [-0.2, 0) is 18.4 Å². The fourth-order valence-electron chi connectivity index (χ4n) is 3.09. The number of aryl methyl sites for hydroxylation is 1. The van der Waals surface area contributed by atoms with Crippen molar-refractivity contribution >= 4 is 17.0 Å². The Morgan fingerprint density at radius 3 is 1.91 bits per heavy atom. The number of aromatic nitrogens is 2. The third-order valence-corrected chi connectivity index (χ3v) is 4.67. The summed E-state index contributed by atoms with van der Waals surface area (Å²) in [6.45, 7) is 0.592. The summed E-state index contributed by atoms with van der Waals surface area (Å²) in [5.41, 5.74) is 4.32. The molecule has 1 heterocycles. The normalized spacial score (nSPS) is 10.2. The lowest BCUT2D eigenvalue weighted by Gasteiger charge is -2.03. The first kappa shape index (κ1) is 24.2. The molecule has 0 bridgehead atoms. The Morgan fingerprint density at radius 2 is 1.35 bits per heavy atom. The maximum atomic E-state index is 10.5. The number of carboxylic acid groups (broad SMARTS) is 1. The van der Waals surface area contributed by atoms with E-state index in [9.17, 15) is 13.2 Å². The van der Waals surface area contributed by atoms with Crippen molar-refractivity contribution < 1.29 is 27.6 Å². The Morgan fingerprint density at radius 1 is 0.853 bits per heavy atom. The zero-order valence-corrected chi connectivity index (χ0v) is 18.1. The molecule has 1 aromatic heterocycles. The zero-order valence-electron chi connectivity index (χ0n) is 18.1. The van der Waals surface area contributed by atoms with Gasteiger partial charge < -0.3 is 9.90 Å². The van der Waals surface area contributed by atoms with Gasteiger partial charge in [0.15, 0.2) is 17.6 Å². The zero-order chi connectivity index (χ0) is 24.6. The molecule has 0 N–H and O–H groups in total. The van der Waals surface area contributed by atoms with Crippen LogP contribution in [0.15, 0.2) is 84.9 Å². The average Bonchev–Trinajstić information content (AvgIpc) is 3.10. The lowest BCUT2D eigenvalue weighted by molar-refractivity contribution is -0.648. The van der Waals surface area contributed by atoms with Crippen LogP contribution >= 0.6 is 0 Å². The van der Waals surface area contributed by atoms with Gasteiger partial charge >= 0.3 is 12.0 Å². The number of alkyl halides is 3. The lowest BCUT2D eigenvalue weighted by Crippen LogP contribution is -2.37. The molecule has 0 radical (unpaired) electrons. The summed E-state index contributed by atoms with van der Waals surface area (Å²) in [5.74, 6) is 11.1. The average molecular weight is 460 g/mol. The van der Waals surface area contributed by atoms with Crippen molar-refractivity contribution in [3.63, 3.8) is 0 Å². The Balaban J connectivity index is 0.000000406. The third-order valence-electron chi connectivity index (χ3n) is 4.67. The molecule has 0 aliphatic carbocycles. The summed E-state index contributed by atoms with van der Waals surface area (Å²) in [7, 11) is 2.05. The number of carbonyl (C=O) groups is 1. The number of hydrogen-bond acceptors (Lipinski definition) is 2. The highest BCUT2D eigenvalue weighted by Gasteiger charge is 2.28. The topological polar surface area (TPSA) is 48.9 Å². The number of halogens is 3. The van der Waals surface area contributed by atoms with E-state index in [0.717, 1.165) is 28.0 Å². The van der Waals surface area contributed by atoms with Crippen LogP contribution < -0.4 is 9.67 Å². The van der Waals surface area contributed by atoms with Gasteiger partial charge in [-0.1, -0.05) is 66.3 Å². The van der Waals surface area contributed by atoms with Gasteiger partial charge in [-0.3, -0.25) is 0 Å². The molecular formula is C27H19F3N2O2. The molecule has 0 amide bonds. The molecule has 0 atom stereocenters. The molecule has 4 aromatic rings. The highest BCUT2D eigenvalue weighted by atomic mass is 19.4. The number of rotatable bonds is 1. The van der Waals surface area contributed by atoms with Gasteiger partial charge in [0.1, 0.15) is 5.97 Å². The summed E-state index contributed by atoms with van der Waals surface area (Å²) in [6.07, 6.45) is -5.19. The number of imidazole rings is 1. The van der Waals surface area contributed by atoms with Crippen LogP contribution in [0, 0.1) is 23.7 Å². The number of carboxylic acids is 1. The first-order valence-electron chi connectivity index (χ1n) is 10.1. The van der Waals surface area contributed by atoms with Gasteiger partial charge in [-0.25, -0.2) is 9.13 Å². The summed E-state index contributed by atoms with van der Waals surface area (Å²) >= 11 is 0. The molecule has 0 aliphatic rings. The maximum absolute atomic E-state index is 10.5. The van der Waals surface area contributed by atoms with E-state index >= 15 is 0 Å². The Labute approximate surface area is 194 Å². The van der Waals surface area contributed by atoms with Crippen LogP contribution in [0.25, 0.3) is 11.0 Å². The van der Waals surface area contributed by atoms with Crippen molar-refractivity contribution in [3.8, 4) is 23.7 Å². The van der Waals surface area contributed by atoms with E-state index in [2.05, 4.69) is 64.1 Å². The van der Waals surface area contributed by atoms with E-state index in [-0.39, 0.29) is 0 Å². The van der Waals surface area contributed by atoms with Crippen molar-refractivity contribution in [2.45, 2.75) is 12.7 Å². The number of aliphatic carboxylic acids is 1. The molecule has 0 fully saturated rings. The lowest BCUT2D eigenvalue weighted by atomic mass is 10.2. The summed E-state index contributed by atoms with van der Waals surface area (Å²) in [6, 6.07) is 28.5. The summed E-state index contributed by atoms with van der Waals surface area (Å²) < 4.78 is 35.9. The van der Waals surface area contributed by atoms with E-state index in [1.54, 1.807) is 0 Å². The van der Waals surface area contributed by atoms with E-state index < -0.39 is 12.1 Å². The molecule has 4 rings (SSSR count). The van der Waals surface area contributed by atoms with Crippen LogP contribution in [-0.4, -0.2) is 16.7 Å². The van der Waals surface area contributed by atoms with Gasteiger partial charge in [0.25, 0.3) is 0 Å². The number of hydrogen-bond donors (Lipinski definition) is 0. The molecular weight excluding hydrogens is 441 g/mol. The number of para-hydroxylation sites is 2. The van der Waals surface area contributed by atoms with Crippen LogP contribution in [0.2, 0.25) is 0 Å². The van der Waals surface area contributed by atoms with Gasteiger partial charge in [-0.2, -0.15) is 13.2 Å². The number of benzene rings is 3. The third kappa shape index (κ3) is 6.27. The predicted molar refractivity (Wildman–Crippen MR) is 120 cm³/mol. The molecule has 0 aliphatic heterocycles. The molecule has 170 valence electrons. The molecule has 0 unspecified atom stereocenters. The number of carbonyl (C=O) groups excluding carboxylic acids is 1. The van der Waals surface area contributed by atoms with Gasteiger partial charge in [-0.05, 0) is 36.4 Å². The molecule has 34 heavy (non-hydrogen) atoms. The predicted octanol–water partition coefficient (Wildman–Crippen LogP) is 3.22. The summed E-state index contributed by atoms with van der Waals surface area (Å²) in [5, 5.41) is 8.78. The van der Waals surface area contributed by atoms with Crippen LogP contribution in [0.1, 0.15) is 17.0 Å². The second-order valence-corrected chi connectivity index (χ2v) is 7.03. The van der Waals surface area contributed by atoms with E-state index in [4.69, 9.17) is 9.90 Å². The van der Waals surface area contributed by atoms with E-state index in [1.165, 1.54) is 0 Å². The highest BCUT2D eigenvalue weighted by Crippen LogP contribution is 2.14. The standard InChI is InChI=1S/C25H19N2.C2HF3O2/c1-26-23-16-8-9-17-24(23)27(20-10-15-21-11-4-2-5-12-21)25(26)19-18-22-13-6-3-7-14-22;3-2(4,5)1(6)7/h2-9,11-14,16-17H,20H2,1H3;(H,6,7)/q+1;/p-1. The summed E-state index contributed by atoms with van der Waals surface area (Å²) in [4.78, 5) is 8.78. The Bertz CT molecular complexity index is 1400. The molecule has 3 aromatic carbocycles. The van der Waals surface area contributed by atoms with Crippen molar-refractivity contribution in [1.29, 1.82) is 0 Å². The molecule has 0 saturated heterocycles. The number of nitrogens with zero attached hydrogens (tertiary/aromatic N) is 2. The van der Waals surface area contributed by atoms with Crippen molar-refractivity contribution in [2.75, 3.05) is 0 Å². The fraction of sp³-hybridized carbons (Fsp3) is 0.111. The SMILES string of the molecule is C[n+]1c(C#Cc2ccccc2)n(CC#Cc2ccccc2)c2ccccc21.O=C([O-])C(F)(F)F. The molecule has 4 nitrogen and oxygen atoms in total. The second kappa shape index (κ2) is 10.9. The minimum absolute atomic E-state index is 0.592. The van der Waals surface area contributed by atoms with Crippen molar-refractivity contribution in [2.24, 2.45) is 7.05 Å². The van der Waals surface area contributed by atoms with Gasteiger partial charge in [0, 0.05) is 17.0 Å². The van der Waals surface area contributed by atoms with Gasteiger partial charge in [-0.15, -0.1) is 0 Å². The monoisotopic (exact) mass is 460 g/mol. The largest absolute Gasteiger partial charge is 0.542 e. The first-order valence-corrected chi connectivity index (χ1v) is 10.1. The Hall–Kier alpha value is -4.49. The molecule has 0 spiro atoms. The van der Waals surface area contributed by atoms with E-state index in [1.807, 2.05) is 60.7 Å². The maximum Gasteiger partial charge on any atom is 0.430 e. The minimum Gasteiger partial charge on any atom is -0.542 e. The van der Waals surface area contributed by atoms with E-state index in [0.29, 0.717) is 6.54 Å². The van der Waals surface area contributed by atoms with Crippen LogP contribution in [0.4, 0.5) is 13.2 Å². The Kier molecular flexibility index (Phi) is 7.74. The van der Waals surface area contributed by atoms with Crippen LogP contribution in [0.5, 0.6) is 0 Å². The fourth-order valence-corrected chi connectivity index (χ4v) is 3.09. The smallest absolute Gasteiger partial charge is 0.430 e. The van der Waals surface area contributed by atoms with Gasteiger partial charge in [0.2, 0.25) is 0 Å². The van der Waals surface area contributed by atoms with Crippen molar-refractivity contribution in [3.05, 3.63) is 102 Å². The molecule has 0 saturated carbocycles. The van der Waals surface area contributed by atoms with Crippen molar-refractivity contribution in [1.82, 2.24) is 4.57 Å².